The normalized spacial score (nSPS) is 10.8. The van der Waals surface area contributed by atoms with E-state index in [1.807, 2.05) is 0 Å². The van der Waals surface area contributed by atoms with E-state index in [0.717, 1.165) is 0 Å². The van der Waals surface area contributed by atoms with Gasteiger partial charge in [0.2, 0.25) is 0 Å². The summed E-state index contributed by atoms with van der Waals surface area (Å²) in [7, 11) is 0. The van der Waals surface area contributed by atoms with Crippen LogP contribution in [-0.2, 0) is 6.42 Å². The molecular weight excluding hydrogens is 178 g/mol. The van der Waals surface area contributed by atoms with Crippen molar-refractivity contribution in [3.05, 3.63) is 29.3 Å². The largest absolute Gasteiger partial charge is 0.508 e. The molecule has 72 valence electrons. The zero-order chi connectivity index (χ0) is 9.84. The van der Waals surface area contributed by atoms with Gasteiger partial charge < -0.3 is 10.2 Å². The average molecular weight is 188 g/mol. The van der Waals surface area contributed by atoms with Gasteiger partial charge in [0.1, 0.15) is 5.75 Å². The molecule has 0 amide bonds. The Hall–Kier alpha value is -1.16. The SMILES string of the molecule is OCCc1cc(C(F)F)ccc1O. The average Bonchev–Trinajstić information content (AvgIpc) is 2.08. The molecule has 2 nitrogen and oxygen atoms in total. The Bertz CT molecular complexity index is 287. The van der Waals surface area contributed by atoms with E-state index < -0.39 is 6.43 Å². The summed E-state index contributed by atoms with van der Waals surface area (Å²) in [6.45, 7) is -0.166. The highest BCUT2D eigenvalue weighted by Gasteiger charge is 2.09. The van der Waals surface area contributed by atoms with Crippen LogP contribution in [0, 0.1) is 0 Å². The highest BCUT2D eigenvalue weighted by molar-refractivity contribution is 5.36. The lowest BCUT2D eigenvalue weighted by Gasteiger charge is -2.05. The van der Waals surface area contributed by atoms with Gasteiger partial charge in [-0.05, 0) is 30.2 Å². The molecule has 0 aliphatic carbocycles. The Balaban J connectivity index is 2.97. The van der Waals surface area contributed by atoms with E-state index >= 15 is 0 Å². The van der Waals surface area contributed by atoms with Crippen LogP contribution in [0.15, 0.2) is 18.2 Å². The zero-order valence-electron chi connectivity index (χ0n) is 6.87. The summed E-state index contributed by atoms with van der Waals surface area (Å²) in [5, 5.41) is 17.8. The summed E-state index contributed by atoms with van der Waals surface area (Å²) < 4.78 is 24.3. The number of aromatic hydroxyl groups is 1. The highest BCUT2D eigenvalue weighted by atomic mass is 19.3. The molecule has 0 unspecified atom stereocenters. The molecule has 0 saturated carbocycles. The fourth-order valence-electron chi connectivity index (χ4n) is 1.06. The third kappa shape index (κ3) is 2.39. The topological polar surface area (TPSA) is 40.5 Å². The highest BCUT2D eigenvalue weighted by Crippen LogP contribution is 2.25. The molecule has 0 atom stereocenters. The number of alkyl halides is 2. The van der Waals surface area contributed by atoms with E-state index in [2.05, 4.69) is 0 Å². The van der Waals surface area contributed by atoms with Crippen LogP contribution >= 0.6 is 0 Å². The molecule has 0 saturated heterocycles. The van der Waals surface area contributed by atoms with Crippen molar-refractivity contribution in [2.75, 3.05) is 6.61 Å². The smallest absolute Gasteiger partial charge is 0.263 e. The van der Waals surface area contributed by atoms with Crippen molar-refractivity contribution in [3.63, 3.8) is 0 Å². The van der Waals surface area contributed by atoms with Gasteiger partial charge in [-0.25, -0.2) is 8.78 Å². The molecule has 0 bridgehead atoms. The first-order valence-corrected chi connectivity index (χ1v) is 3.86. The fourth-order valence-corrected chi connectivity index (χ4v) is 1.06. The molecular formula is C9H10F2O2. The molecule has 4 heteroatoms. The number of hydrogen-bond acceptors (Lipinski definition) is 2. The van der Waals surface area contributed by atoms with Gasteiger partial charge in [-0.3, -0.25) is 0 Å². The van der Waals surface area contributed by atoms with Gasteiger partial charge >= 0.3 is 0 Å². The quantitative estimate of drug-likeness (QED) is 0.760. The number of aliphatic hydroxyl groups is 1. The lowest BCUT2D eigenvalue weighted by Crippen LogP contribution is -1.93. The van der Waals surface area contributed by atoms with Gasteiger partial charge in [-0.2, -0.15) is 0 Å². The fraction of sp³-hybridized carbons (Fsp3) is 0.333. The number of halogens is 2. The molecule has 1 aromatic carbocycles. The summed E-state index contributed by atoms with van der Waals surface area (Å²) in [6, 6.07) is 3.59. The van der Waals surface area contributed by atoms with E-state index in [1.165, 1.54) is 18.2 Å². The molecule has 0 aromatic heterocycles. The molecule has 0 aliphatic rings. The van der Waals surface area contributed by atoms with E-state index in [0.29, 0.717) is 5.56 Å². The van der Waals surface area contributed by atoms with Crippen LogP contribution in [0.4, 0.5) is 8.78 Å². The first-order valence-electron chi connectivity index (χ1n) is 3.86. The van der Waals surface area contributed by atoms with Crippen LogP contribution in [0.1, 0.15) is 17.6 Å². The minimum atomic E-state index is -2.54. The molecule has 13 heavy (non-hydrogen) atoms. The lowest BCUT2D eigenvalue weighted by molar-refractivity contribution is 0.151. The Morgan fingerprint density at radius 3 is 2.54 bits per heavy atom. The monoisotopic (exact) mass is 188 g/mol. The van der Waals surface area contributed by atoms with Gasteiger partial charge in [-0.15, -0.1) is 0 Å². The minimum absolute atomic E-state index is 0.0570. The molecule has 0 radical (unpaired) electrons. The van der Waals surface area contributed by atoms with Crippen LogP contribution in [-0.4, -0.2) is 16.8 Å². The number of benzene rings is 1. The Morgan fingerprint density at radius 1 is 1.31 bits per heavy atom. The number of phenolic OH excluding ortho intramolecular Hbond substituents is 1. The summed E-state index contributed by atoms with van der Waals surface area (Å²) in [5.41, 5.74) is 0.210. The second kappa shape index (κ2) is 4.18. The van der Waals surface area contributed by atoms with Gasteiger partial charge in [0, 0.05) is 12.2 Å². The Labute approximate surface area is 74.4 Å². The predicted molar refractivity (Wildman–Crippen MR) is 43.9 cm³/mol. The van der Waals surface area contributed by atoms with Crippen LogP contribution in [0.25, 0.3) is 0 Å². The van der Waals surface area contributed by atoms with Crippen molar-refractivity contribution in [2.24, 2.45) is 0 Å². The maximum atomic E-state index is 12.2. The first kappa shape index (κ1) is 9.92. The molecule has 1 rings (SSSR count). The van der Waals surface area contributed by atoms with Crippen LogP contribution in [0.3, 0.4) is 0 Å². The maximum absolute atomic E-state index is 12.2. The van der Waals surface area contributed by atoms with E-state index in [9.17, 15) is 13.9 Å². The summed E-state index contributed by atoms with van der Waals surface area (Å²) in [4.78, 5) is 0. The van der Waals surface area contributed by atoms with E-state index in [1.54, 1.807) is 0 Å². The van der Waals surface area contributed by atoms with E-state index in [4.69, 9.17) is 5.11 Å². The maximum Gasteiger partial charge on any atom is 0.263 e. The van der Waals surface area contributed by atoms with Crippen molar-refractivity contribution in [3.8, 4) is 5.75 Å². The van der Waals surface area contributed by atoms with Gasteiger partial charge in [0.15, 0.2) is 0 Å². The summed E-state index contributed by atoms with van der Waals surface area (Å²) in [6.07, 6.45) is -2.36. The summed E-state index contributed by atoms with van der Waals surface area (Å²) >= 11 is 0. The molecule has 1 aromatic rings. The lowest BCUT2D eigenvalue weighted by atomic mass is 10.1. The summed E-state index contributed by atoms with van der Waals surface area (Å²) in [5.74, 6) is -0.0570. The number of rotatable bonds is 3. The first-order chi connectivity index (χ1) is 6.15. The van der Waals surface area contributed by atoms with Crippen molar-refractivity contribution in [1.82, 2.24) is 0 Å². The zero-order valence-corrected chi connectivity index (χ0v) is 6.87. The predicted octanol–water partition coefficient (Wildman–Crippen LogP) is 1.86. The Kier molecular flexibility index (Phi) is 3.19. The van der Waals surface area contributed by atoms with Crippen molar-refractivity contribution < 1.29 is 19.0 Å². The molecule has 0 spiro atoms. The molecule has 0 heterocycles. The van der Waals surface area contributed by atoms with Gasteiger partial charge in [-0.1, -0.05) is 0 Å². The second-order valence-corrected chi connectivity index (χ2v) is 2.66. The molecule has 0 aliphatic heterocycles. The number of phenols is 1. The van der Waals surface area contributed by atoms with Crippen LogP contribution in [0.5, 0.6) is 5.75 Å². The third-order valence-electron chi connectivity index (χ3n) is 1.74. The van der Waals surface area contributed by atoms with Crippen LogP contribution < -0.4 is 0 Å². The third-order valence-corrected chi connectivity index (χ3v) is 1.74. The number of hydrogen-bond donors (Lipinski definition) is 2. The molecule has 2 N–H and O–H groups in total. The van der Waals surface area contributed by atoms with Crippen molar-refractivity contribution >= 4 is 0 Å². The van der Waals surface area contributed by atoms with Gasteiger partial charge in [0.25, 0.3) is 6.43 Å². The van der Waals surface area contributed by atoms with Crippen molar-refractivity contribution in [1.29, 1.82) is 0 Å². The second-order valence-electron chi connectivity index (χ2n) is 2.66. The number of aliphatic hydroxyl groups excluding tert-OH is 1. The standard InChI is InChI=1S/C9H10F2O2/c10-9(11)7-1-2-8(13)6(5-7)3-4-12/h1-2,5,9,12-13H,3-4H2. The van der Waals surface area contributed by atoms with E-state index in [-0.39, 0.29) is 24.3 Å². The molecule has 0 fully saturated rings. The van der Waals surface area contributed by atoms with Crippen molar-refractivity contribution in [2.45, 2.75) is 12.8 Å². The minimum Gasteiger partial charge on any atom is -0.508 e. The Morgan fingerprint density at radius 2 is 2.00 bits per heavy atom. The van der Waals surface area contributed by atoms with Gasteiger partial charge in [0.05, 0.1) is 0 Å². The van der Waals surface area contributed by atoms with Crippen LogP contribution in [0.2, 0.25) is 0 Å².